The molecule has 0 amide bonds. The molecule has 0 atom stereocenters. The van der Waals surface area contributed by atoms with E-state index in [9.17, 15) is 9.50 Å². The van der Waals surface area contributed by atoms with E-state index in [1.54, 1.807) is 31.0 Å². The molecule has 26 heavy (non-hydrogen) atoms. The summed E-state index contributed by atoms with van der Waals surface area (Å²) in [5.41, 5.74) is 2.38. The molecule has 128 valence electrons. The number of aliphatic hydroxyl groups is 1. The van der Waals surface area contributed by atoms with Crippen LogP contribution in [0, 0.1) is 17.1 Å². The fourth-order valence-corrected chi connectivity index (χ4v) is 2.88. The van der Waals surface area contributed by atoms with E-state index in [4.69, 9.17) is 5.26 Å². The molecule has 0 fully saturated rings. The van der Waals surface area contributed by atoms with Gasteiger partial charge in [-0.3, -0.25) is 9.55 Å². The highest BCUT2D eigenvalue weighted by atomic mass is 19.1. The SMILES string of the molecule is N#Cc1cc2c(cc1F)nc(-c1cncc(Cn3ccnc3)c1)n2CO. The first kappa shape index (κ1) is 15.9. The van der Waals surface area contributed by atoms with Gasteiger partial charge in [0.2, 0.25) is 0 Å². The van der Waals surface area contributed by atoms with E-state index in [1.165, 1.54) is 16.7 Å². The van der Waals surface area contributed by atoms with Gasteiger partial charge in [0.25, 0.3) is 0 Å². The predicted molar refractivity (Wildman–Crippen MR) is 91.2 cm³/mol. The van der Waals surface area contributed by atoms with Gasteiger partial charge in [0, 0.05) is 36.4 Å². The van der Waals surface area contributed by atoms with E-state index < -0.39 is 5.82 Å². The Kier molecular flexibility index (Phi) is 3.91. The molecule has 0 aliphatic heterocycles. The number of aliphatic hydroxyl groups excluding tert-OH is 1. The highest BCUT2D eigenvalue weighted by Crippen LogP contribution is 2.26. The first-order valence-corrected chi connectivity index (χ1v) is 7.80. The molecule has 3 heterocycles. The molecule has 4 aromatic rings. The van der Waals surface area contributed by atoms with Crippen molar-refractivity contribution in [3.63, 3.8) is 0 Å². The monoisotopic (exact) mass is 348 g/mol. The Morgan fingerprint density at radius 1 is 1.19 bits per heavy atom. The van der Waals surface area contributed by atoms with Crippen molar-refractivity contribution in [3.05, 3.63) is 66.3 Å². The maximum absolute atomic E-state index is 13.9. The minimum Gasteiger partial charge on any atom is -0.376 e. The number of imidazole rings is 2. The molecule has 4 rings (SSSR count). The van der Waals surface area contributed by atoms with Gasteiger partial charge in [0.1, 0.15) is 24.4 Å². The first-order valence-electron chi connectivity index (χ1n) is 7.80. The van der Waals surface area contributed by atoms with Crippen LogP contribution in [0.4, 0.5) is 4.39 Å². The van der Waals surface area contributed by atoms with Gasteiger partial charge in [0.15, 0.2) is 0 Å². The second-order valence-corrected chi connectivity index (χ2v) is 5.75. The van der Waals surface area contributed by atoms with Gasteiger partial charge < -0.3 is 9.67 Å². The molecular formula is C18H13FN6O. The summed E-state index contributed by atoms with van der Waals surface area (Å²) in [5.74, 6) is -0.182. The molecule has 1 N–H and O–H groups in total. The lowest BCUT2D eigenvalue weighted by atomic mass is 10.2. The summed E-state index contributed by atoms with van der Waals surface area (Å²) < 4.78 is 17.3. The van der Waals surface area contributed by atoms with Gasteiger partial charge in [-0.1, -0.05) is 0 Å². The number of nitrogens with zero attached hydrogens (tertiary/aromatic N) is 6. The Morgan fingerprint density at radius 2 is 2.08 bits per heavy atom. The largest absolute Gasteiger partial charge is 0.376 e. The minimum atomic E-state index is -0.638. The summed E-state index contributed by atoms with van der Waals surface area (Å²) in [6.07, 6.45) is 8.63. The number of nitriles is 1. The fourth-order valence-electron chi connectivity index (χ4n) is 2.88. The molecule has 7 nitrogen and oxygen atoms in total. The fraction of sp³-hybridized carbons (Fsp3) is 0.111. The molecule has 8 heteroatoms. The number of rotatable bonds is 4. The summed E-state index contributed by atoms with van der Waals surface area (Å²) in [7, 11) is 0. The van der Waals surface area contributed by atoms with Gasteiger partial charge in [-0.15, -0.1) is 0 Å². The predicted octanol–water partition coefficient (Wildman–Crippen LogP) is 2.30. The van der Waals surface area contributed by atoms with E-state index >= 15 is 0 Å². The van der Waals surface area contributed by atoms with E-state index in [2.05, 4.69) is 15.0 Å². The molecule has 0 radical (unpaired) electrons. The molecular weight excluding hydrogens is 335 g/mol. The molecule has 0 spiro atoms. The van der Waals surface area contributed by atoms with E-state index in [0.717, 1.165) is 5.56 Å². The molecule has 0 aliphatic carbocycles. The van der Waals surface area contributed by atoms with E-state index in [-0.39, 0.29) is 12.3 Å². The van der Waals surface area contributed by atoms with Crippen LogP contribution in [0.2, 0.25) is 0 Å². The van der Waals surface area contributed by atoms with Crippen molar-refractivity contribution >= 4 is 11.0 Å². The summed E-state index contributed by atoms with van der Waals surface area (Å²) in [6, 6.07) is 6.30. The Hall–Kier alpha value is -3.57. The van der Waals surface area contributed by atoms with Crippen LogP contribution in [-0.4, -0.2) is 29.2 Å². The molecule has 0 unspecified atom stereocenters. The van der Waals surface area contributed by atoms with E-state index in [0.29, 0.717) is 29.0 Å². The van der Waals surface area contributed by atoms with Crippen LogP contribution in [0.1, 0.15) is 11.1 Å². The quantitative estimate of drug-likeness (QED) is 0.611. The number of hydrogen-bond acceptors (Lipinski definition) is 5. The number of aromatic nitrogens is 5. The molecule has 0 saturated heterocycles. The zero-order valence-corrected chi connectivity index (χ0v) is 13.5. The highest BCUT2D eigenvalue weighted by Gasteiger charge is 2.16. The van der Waals surface area contributed by atoms with Crippen LogP contribution in [0.3, 0.4) is 0 Å². The number of fused-ring (bicyclic) bond motifs is 1. The summed E-state index contributed by atoms with van der Waals surface area (Å²) in [5, 5.41) is 18.8. The van der Waals surface area contributed by atoms with Crippen molar-refractivity contribution in [1.29, 1.82) is 5.26 Å². The Bertz CT molecular complexity index is 1130. The smallest absolute Gasteiger partial charge is 0.144 e. The highest BCUT2D eigenvalue weighted by molar-refractivity contribution is 5.82. The van der Waals surface area contributed by atoms with Crippen LogP contribution in [0.25, 0.3) is 22.4 Å². The topological polar surface area (TPSA) is 92.5 Å². The van der Waals surface area contributed by atoms with Crippen molar-refractivity contribution in [2.24, 2.45) is 0 Å². The zero-order valence-electron chi connectivity index (χ0n) is 13.5. The van der Waals surface area contributed by atoms with Gasteiger partial charge in [-0.2, -0.15) is 5.26 Å². The van der Waals surface area contributed by atoms with Crippen molar-refractivity contribution in [1.82, 2.24) is 24.1 Å². The molecule has 1 aromatic carbocycles. The second-order valence-electron chi connectivity index (χ2n) is 5.75. The number of hydrogen-bond donors (Lipinski definition) is 1. The van der Waals surface area contributed by atoms with Gasteiger partial charge in [0.05, 0.1) is 29.5 Å². The Labute approximate surface area is 147 Å². The van der Waals surface area contributed by atoms with Crippen molar-refractivity contribution in [3.8, 4) is 17.5 Å². The summed E-state index contributed by atoms with van der Waals surface area (Å²) in [6.45, 7) is 0.238. The zero-order chi connectivity index (χ0) is 18.1. The van der Waals surface area contributed by atoms with Crippen molar-refractivity contribution in [2.45, 2.75) is 13.3 Å². The Balaban J connectivity index is 1.82. The van der Waals surface area contributed by atoms with Crippen molar-refractivity contribution in [2.75, 3.05) is 0 Å². The third kappa shape index (κ3) is 2.70. The second kappa shape index (κ2) is 6.38. The molecule has 0 aliphatic rings. The Morgan fingerprint density at radius 3 is 2.81 bits per heavy atom. The van der Waals surface area contributed by atoms with Crippen LogP contribution < -0.4 is 0 Å². The normalized spacial score (nSPS) is 11.0. The lowest BCUT2D eigenvalue weighted by Gasteiger charge is -2.07. The number of benzene rings is 1. The van der Waals surface area contributed by atoms with Crippen molar-refractivity contribution < 1.29 is 9.50 Å². The van der Waals surface area contributed by atoms with Gasteiger partial charge >= 0.3 is 0 Å². The number of halogens is 1. The summed E-state index contributed by atoms with van der Waals surface area (Å²) in [4.78, 5) is 12.7. The third-order valence-electron chi connectivity index (χ3n) is 4.08. The molecule has 3 aromatic heterocycles. The van der Waals surface area contributed by atoms with Gasteiger partial charge in [-0.25, -0.2) is 14.4 Å². The minimum absolute atomic E-state index is 0.0920. The first-order chi connectivity index (χ1) is 12.7. The van der Waals surface area contributed by atoms with Crippen LogP contribution in [-0.2, 0) is 13.3 Å². The van der Waals surface area contributed by atoms with Crippen LogP contribution in [0.5, 0.6) is 0 Å². The average Bonchev–Trinajstić information content (AvgIpc) is 3.28. The van der Waals surface area contributed by atoms with Gasteiger partial charge in [-0.05, 0) is 17.7 Å². The molecule has 0 bridgehead atoms. The van der Waals surface area contributed by atoms with Crippen LogP contribution in [0.15, 0.2) is 49.3 Å². The lowest BCUT2D eigenvalue weighted by molar-refractivity contribution is 0.216. The average molecular weight is 348 g/mol. The van der Waals surface area contributed by atoms with Crippen LogP contribution >= 0.6 is 0 Å². The maximum atomic E-state index is 13.9. The summed E-state index contributed by atoms with van der Waals surface area (Å²) >= 11 is 0. The maximum Gasteiger partial charge on any atom is 0.144 e. The van der Waals surface area contributed by atoms with E-state index in [1.807, 2.05) is 16.8 Å². The number of pyridine rings is 1. The lowest BCUT2D eigenvalue weighted by Crippen LogP contribution is -2.02. The third-order valence-corrected chi connectivity index (χ3v) is 4.08. The molecule has 0 saturated carbocycles. The standard InChI is InChI=1S/C18H13FN6O/c19-15-5-16-17(4-13(15)6-20)25(11-26)18(23-16)14-3-12(7-22-8-14)9-24-2-1-21-10-24/h1-5,7-8,10,26H,9,11H2.